The van der Waals surface area contributed by atoms with Gasteiger partial charge in [0, 0.05) is 19.0 Å². The molecule has 0 spiro atoms. The number of carbonyl (C=O) groups excluding carboxylic acids is 1. The highest BCUT2D eigenvalue weighted by Gasteiger charge is 2.32. The summed E-state index contributed by atoms with van der Waals surface area (Å²) in [6.45, 7) is 3.30. The van der Waals surface area contributed by atoms with Gasteiger partial charge in [0.05, 0.1) is 0 Å². The predicted octanol–water partition coefficient (Wildman–Crippen LogP) is 0.313. The van der Waals surface area contributed by atoms with Gasteiger partial charge in [0.15, 0.2) is 0 Å². The average Bonchev–Trinajstić information content (AvgIpc) is 2.06. The molecule has 3 nitrogen and oxygen atoms in total. The SMILES string of the molecule is CN1CCC(N2CCC2=O)CC1. The van der Waals surface area contributed by atoms with Crippen molar-refractivity contribution in [1.82, 2.24) is 9.80 Å². The highest BCUT2D eigenvalue weighted by atomic mass is 16.2. The Morgan fingerprint density at radius 2 is 1.92 bits per heavy atom. The van der Waals surface area contributed by atoms with Crippen molar-refractivity contribution in [2.24, 2.45) is 0 Å². The molecule has 2 aliphatic heterocycles. The molecule has 0 aliphatic carbocycles. The fourth-order valence-electron chi connectivity index (χ4n) is 2.03. The fourth-order valence-corrected chi connectivity index (χ4v) is 2.03. The number of hydrogen-bond donors (Lipinski definition) is 0. The Kier molecular flexibility index (Phi) is 2.05. The van der Waals surface area contributed by atoms with E-state index in [9.17, 15) is 4.79 Å². The molecule has 0 aromatic rings. The molecule has 2 heterocycles. The number of likely N-dealkylation sites (tertiary alicyclic amines) is 2. The summed E-state index contributed by atoms with van der Waals surface area (Å²) in [5, 5.41) is 0. The molecule has 1 amide bonds. The van der Waals surface area contributed by atoms with E-state index in [2.05, 4.69) is 11.9 Å². The molecule has 12 heavy (non-hydrogen) atoms. The van der Waals surface area contributed by atoms with Gasteiger partial charge in [-0.05, 0) is 33.0 Å². The van der Waals surface area contributed by atoms with Gasteiger partial charge in [0.25, 0.3) is 0 Å². The number of amides is 1. The third-order valence-corrected chi connectivity index (χ3v) is 3.02. The Balaban J connectivity index is 1.85. The molecule has 0 radical (unpaired) electrons. The first-order chi connectivity index (χ1) is 5.77. The van der Waals surface area contributed by atoms with E-state index in [0.717, 1.165) is 26.1 Å². The molecular weight excluding hydrogens is 152 g/mol. The van der Waals surface area contributed by atoms with Gasteiger partial charge in [0.2, 0.25) is 5.91 Å². The summed E-state index contributed by atoms with van der Waals surface area (Å²) in [5.74, 6) is 0.365. The van der Waals surface area contributed by atoms with Crippen molar-refractivity contribution < 1.29 is 4.79 Å². The maximum absolute atomic E-state index is 11.1. The second-order valence-corrected chi connectivity index (χ2v) is 3.87. The summed E-state index contributed by atoms with van der Waals surface area (Å²) >= 11 is 0. The largest absolute Gasteiger partial charge is 0.339 e. The smallest absolute Gasteiger partial charge is 0.224 e. The zero-order valence-corrected chi connectivity index (χ0v) is 7.62. The Labute approximate surface area is 73.3 Å². The molecule has 2 rings (SSSR count). The molecule has 0 unspecified atom stereocenters. The molecule has 3 heteroatoms. The Morgan fingerprint density at radius 1 is 1.25 bits per heavy atom. The first kappa shape index (κ1) is 8.05. The van der Waals surface area contributed by atoms with Crippen molar-refractivity contribution in [3.63, 3.8) is 0 Å². The number of carbonyl (C=O) groups is 1. The molecule has 0 N–H and O–H groups in total. The van der Waals surface area contributed by atoms with Crippen LogP contribution in [0.2, 0.25) is 0 Å². The van der Waals surface area contributed by atoms with Gasteiger partial charge in [0.1, 0.15) is 0 Å². The van der Waals surface area contributed by atoms with Crippen LogP contribution in [0.15, 0.2) is 0 Å². The molecule has 0 aromatic heterocycles. The van der Waals surface area contributed by atoms with Gasteiger partial charge in [-0.15, -0.1) is 0 Å². The molecule has 2 aliphatic rings. The van der Waals surface area contributed by atoms with E-state index >= 15 is 0 Å². The second kappa shape index (κ2) is 3.05. The Hall–Kier alpha value is -0.570. The van der Waals surface area contributed by atoms with Gasteiger partial charge >= 0.3 is 0 Å². The fraction of sp³-hybridized carbons (Fsp3) is 0.889. The molecule has 0 atom stereocenters. The molecule has 0 bridgehead atoms. The van der Waals surface area contributed by atoms with Crippen LogP contribution in [0.5, 0.6) is 0 Å². The molecule has 68 valence electrons. The lowest BCUT2D eigenvalue weighted by Gasteiger charge is -2.42. The van der Waals surface area contributed by atoms with Gasteiger partial charge in [-0.3, -0.25) is 4.79 Å². The van der Waals surface area contributed by atoms with Crippen LogP contribution in [-0.2, 0) is 4.79 Å². The zero-order chi connectivity index (χ0) is 8.55. The second-order valence-electron chi connectivity index (χ2n) is 3.87. The lowest BCUT2D eigenvalue weighted by molar-refractivity contribution is -0.144. The van der Waals surface area contributed by atoms with Crippen LogP contribution >= 0.6 is 0 Å². The predicted molar refractivity (Wildman–Crippen MR) is 46.8 cm³/mol. The highest BCUT2D eigenvalue weighted by molar-refractivity contribution is 5.82. The van der Waals surface area contributed by atoms with Crippen LogP contribution < -0.4 is 0 Å². The van der Waals surface area contributed by atoms with Crippen LogP contribution in [-0.4, -0.2) is 48.4 Å². The van der Waals surface area contributed by atoms with Crippen LogP contribution in [0.25, 0.3) is 0 Å². The van der Waals surface area contributed by atoms with Crippen molar-refractivity contribution in [3.05, 3.63) is 0 Å². The average molecular weight is 168 g/mol. The van der Waals surface area contributed by atoms with Crippen LogP contribution in [0.1, 0.15) is 19.3 Å². The van der Waals surface area contributed by atoms with Gasteiger partial charge in [-0.2, -0.15) is 0 Å². The Morgan fingerprint density at radius 3 is 2.33 bits per heavy atom. The van der Waals surface area contributed by atoms with E-state index in [-0.39, 0.29) is 0 Å². The minimum Gasteiger partial charge on any atom is -0.339 e. The summed E-state index contributed by atoms with van der Waals surface area (Å²) in [5.41, 5.74) is 0. The summed E-state index contributed by atoms with van der Waals surface area (Å²) in [6, 6.07) is 0.558. The van der Waals surface area contributed by atoms with Gasteiger partial charge < -0.3 is 9.80 Å². The maximum atomic E-state index is 11.1. The molecule has 0 aromatic carbocycles. The minimum absolute atomic E-state index is 0.365. The number of piperidine rings is 1. The summed E-state index contributed by atoms with van der Waals surface area (Å²) in [6.07, 6.45) is 3.12. The highest BCUT2D eigenvalue weighted by Crippen LogP contribution is 2.21. The maximum Gasteiger partial charge on any atom is 0.224 e. The van der Waals surface area contributed by atoms with Crippen LogP contribution in [0.4, 0.5) is 0 Å². The van der Waals surface area contributed by atoms with E-state index in [4.69, 9.17) is 0 Å². The standard InChI is InChI=1S/C9H16N2O/c1-10-5-2-8(3-6-10)11-7-4-9(11)12/h8H,2-7H2,1H3. The van der Waals surface area contributed by atoms with Crippen LogP contribution in [0.3, 0.4) is 0 Å². The summed E-state index contributed by atoms with van der Waals surface area (Å²) < 4.78 is 0. The third kappa shape index (κ3) is 1.33. The number of hydrogen-bond acceptors (Lipinski definition) is 2. The number of β-lactam (4-membered cyclic amide) rings is 1. The lowest BCUT2D eigenvalue weighted by Crippen LogP contribution is -2.53. The summed E-state index contributed by atoms with van der Waals surface area (Å²) in [7, 11) is 2.15. The first-order valence-electron chi connectivity index (χ1n) is 4.75. The van der Waals surface area contributed by atoms with E-state index in [1.165, 1.54) is 12.8 Å². The quantitative estimate of drug-likeness (QED) is 0.526. The summed E-state index contributed by atoms with van der Waals surface area (Å²) in [4.78, 5) is 15.5. The van der Waals surface area contributed by atoms with E-state index < -0.39 is 0 Å². The van der Waals surface area contributed by atoms with E-state index in [1.807, 2.05) is 4.90 Å². The lowest BCUT2D eigenvalue weighted by atomic mass is 10.00. The van der Waals surface area contributed by atoms with Crippen LogP contribution in [0, 0.1) is 0 Å². The monoisotopic (exact) mass is 168 g/mol. The molecule has 2 saturated heterocycles. The molecule has 0 saturated carbocycles. The van der Waals surface area contributed by atoms with Crippen molar-refractivity contribution in [1.29, 1.82) is 0 Å². The first-order valence-corrected chi connectivity index (χ1v) is 4.75. The van der Waals surface area contributed by atoms with Crippen molar-refractivity contribution >= 4 is 5.91 Å². The zero-order valence-electron chi connectivity index (χ0n) is 7.62. The van der Waals surface area contributed by atoms with E-state index in [0.29, 0.717) is 11.9 Å². The van der Waals surface area contributed by atoms with Gasteiger partial charge in [-0.1, -0.05) is 0 Å². The van der Waals surface area contributed by atoms with Crippen molar-refractivity contribution in [2.75, 3.05) is 26.7 Å². The normalized spacial score (nSPS) is 27.4. The van der Waals surface area contributed by atoms with Crippen molar-refractivity contribution in [2.45, 2.75) is 25.3 Å². The Bertz CT molecular complexity index is 185. The number of rotatable bonds is 1. The van der Waals surface area contributed by atoms with Gasteiger partial charge in [-0.25, -0.2) is 0 Å². The molecule has 2 fully saturated rings. The number of nitrogens with zero attached hydrogens (tertiary/aromatic N) is 2. The third-order valence-electron chi connectivity index (χ3n) is 3.02. The molecular formula is C9H16N2O. The minimum atomic E-state index is 0.365. The van der Waals surface area contributed by atoms with Crippen molar-refractivity contribution in [3.8, 4) is 0 Å². The topological polar surface area (TPSA) is 23.6 Å². The van der Waals surface area contributed by atoms with E-state index in [1.54, 1.807) is 0 Å².